The van der Waals surface area contributed by atoms with Crippen molar-refractivity contribution in [1.82, 2.24) is 10.3 Å². The quantitative estimate of drug-likeness (QED) is 0.534. The summed E-state index contributed by atoms with van der Waals surface area (Å²) >= 11 is 2.13. The van der Waals surface area contributed by atoms with Crippen LogP contribution in [0.2, 0.25) is 0 Å². The molecule has 1 aromatic heterocycles. The number of methoxy groups -OCH3 is 2. The van der Waals surface area contributed by atoms with Gasteiger partial charge in [0.15, 0.2) is 0 Å². The molecule has 6 nitrogen and oxygen atoms in total. The highest BCUT2D eigenvalue weighted by Gasteiger charge is 2.13. The molecule has 1 amide bonds. The number of carbonyl (C=O) groups is 1. The smallest absolute Gasteiger partial charge is 0.252 e. The molecule has 0 spiro atoms. The third kappa shape index (κ3) is 4.08. The van der Waals surface area contributed by atoms with Crippen LogP contribution in [0, 0.1) is 3.57 Å². The van der Waals surface area contributed by atoms with Crippen molar-refractivity contribution >= 4 is 39.4 Å². The number of hydrogen-bond donors (Lipinski definition) is 2. The van der Waals surface area contributed by atoms with Crippen molar-refractivity contribution in [2.45, 2.75) is 6.42 Å². The summed E-state index contributed by atoms with van der Waals surface area (Å²) in [6.45, 7) is 0.352. The minimum atomic E-state index is -0.211. The van der Waals surface area contributed by atoms with Crippen LogP contribution in [0.25, 0.3) is 10.9 Å². The van der Waals surface area contributed by atoms with Gasteiger partial charge in [-0.1, -0.05) is 12.1 Å². The van der Waals surface area contributed by atoms with Crippen molar-refractivity contribution in [2.75, 3.05) is 20.8 Å². The summed E-state index contributed by atoms with van der Waals surface area (Å²) in [5.41, 5.74) is 1.57. The number of carbonyl (C=O) groups excluding carboxylic acids is 1. The van der Waals surface area contributed by atoms with E-state index in [1.165, 1.54) is 0 Å². The van der Waals surface area contributed by atoms with Gasteiger partial charge in [-0.25, -0.2) is 0 Å². The SMILES string of the molecule is COc1ccc(OC)c2[nH]c(=O)c(CCNC(=O)c3ccccc3I)cc12. The molecule has 2 N–H and O–H groups in total. The molecule has 0 radical (unpaired) electrons. The number of hydrogen-bond acceptors (Lipinski definition) is 4. The maximum Gasteiger partial charge on any atom is 0.252 e. The summed E-state index contributed by atoms with van der Waals surface area (Å²) < 4.78 is 11.6. The van der Waals surface area contributed by atoms with Gasteiger partial charge >= 0.3 is 0 Å². The van der Waals surface area contributed by atoms with Crippen molar-refractivity contribution in [2.24, 2.45) is 0 Å². The first-order valence-corrected chi connectivity index (χ1v) is 9.42. The van der Waals surface area contributed by atoms with Gasteiger partial charge in [-0.05, 0) is 59.3 Å². The molecular weight excluding hydrogens is 459 g/mol. The Bertz CT molecular complexity index is 1050. The first-order chi connectivity index (χ1) is 13.0. The lowest BCUT2D eigenvalue weighted by Gasteiger charge is -2.11. The fourth-order valence-corrected chi connectivity index (χ4v) is 3.50. The first-order valence-electron chi connectivity index (χ1n) is 8.34. The lowest BCUT2D eigenvalue weighted by molar-refractivity contribution is 0.0953. The molecule has 1 heterocycles. The number of aromatic amines is 1. The molecule has 0 atom stereocenters. The average molecular weight is 478 g/mol. The summed E-state index contributed by atoms with van der Waals surface area (Å²) in [6, 6.07) is 12.7. The second-order valence-electron chi connectivity index (χ2n) is 5.87. The van der Waals surface area contributed by atoms with E-state index in [0.717, 1.165) is 8.96 Å². The molecule has 0 aliphatic rings. The van der Waals surface area contributed by atoms with Crippen LogP contribution in [0.1, 0.15) is 15.9 Å². The summed E-state index contributed by atoms with van der Waals surface area (Å²) in [5.74, 6) is 1.06. The molecule has 3 aromatic rings. The average Bonchev–Trinajstić information content (AvgIpc) is 2.67. The van der Waals surface area contributed by atoms with E-state index >= 15 is 0 Å². The van der Waals surface area contributed by atoms with Gasteiger partial charge in [0.1, 0.15) is 11.5 Å². The predicted molar refractivity (Wildman–Crippen MR) is 113 cm³/mol. The highest BCUT2D eigenvalue weighted by atomic mass is 127. The van der Waals surface area contributed by atoms with Crippen molar-refractivity contribution in [3.8, 4) is 11.5 Å². The Morgan fingerprint density at radius 3 is 2.52 bits per heavy atom. The van der Waals surface area contributed by atoms with Crippen LogP contribution in [0.15, 0.2) is 47.3 Å². The van der Waals surface area contributed by atoms with Gasteiger partial charge in [-0.15, -0.1) is 0 Å². The fraction of sp³-hybridized carbons (Fsp3) is 0.200. The van der Waals surface area contributed by atoms with Crippen molar-refractivity contribution in [3.05, 3.63) is 67.5 Å². The number of H-pyrrole nitrogens is 1. The predicted octanol–water partition coefficient (Wildman–Crippen LogP) is 3.12. The Hall–Kier alpha value is -2.55. The number of aromatic nitrogens is 1. The number of halogens is 1. The molecule has 0 saturated carbocycles. The van der Waals surface area contributed by atoms with Crippen molar-refractivity contribution in [3.63, 3.8) is 0 Å². The summed E-state index contributed by atoms with van der Waals surface area (Å²) in [5, 5.41) is 3.62. The molecule has 0 aliphatic heterocycles. The molecule has 2 aromatic carbocycles. The van der Waals surface area contributed by atoms with Gasteiger partial charge in [0.2, 0.25) is 0 Å². The normalized spacial score (nSPS) is 10.6. The molecule has 0 unspecified atom stereocenters. The molecule has 0 bridgehead atoms. The molecule has 0 aliphatic carbocycles. The Kier molecular flexibility index (Phi) is 6.00. The van der Waals surface area contributed by atoms with Gasteiger partial charge in [0.05, 0.1) is 25.3 Å². The zero-order valence-corrected chi connectivity index (χ0v) is 17.1. The van der Waals surface area contributed by atoms with Crippen molar-refractivity contribution < 1.29 is 14.3 Å². The van der Waals surface area contributed by atoms with Gasteiger partial charge in [-0.3, -0.25) is 9.59 Å². The maximum atomic E-state index is 12.4. The number of benzene rings is 2. The van der Waals surface area contributed by atoms with Crippen LogP contribution in [-0.4, -0.2) is 31.7 Å². The summed E-state index contributed by atoms with van der Waals surface area (Å²) in [4.78, 5) is 27.6. The van der Waals surface area contributed by atoms with E-state index in [-0.39, 0.29) is 11.5 Å². The number of nitrogens with one attached hydrogen (secondary N) is 2. The standard InChI is InChI=1S/C20H19IN2O4/c1-26-16-7-8-17(27-2)18-14(16)11-12(19(24)23-18)9-10-22-20(25)13-5-3-4-6-15(13)21/h3-8,11H,9-10H2,1-2H3,(H,22,25)(H,23,24). The van der Waals surface area contributed by atoms with E-state index in [4.69, 9.17) is 9.47 Å². The van der Waals surface area contributed by atoms with E-state index in [0.29, 0.717) is 41.1 Å². The van der Waals surface area contributed by atoms with E-state index in [1.54, 1.807) is 38.5 Å². The topological polar surface area (TPSA) is 80.4 Å². The minimum absolute atomic E-state index is 0.156. The Morgan fingerprint density at radius 2 is 1.81 bits per heavy atom. The highest BCUT2D eigenvalue weighted by molar-refractivity contribution is 14.1. The molecule has 3 rings (SSSR count). The second kappa shape index (κ2) is 8.43. The lowest BCUT2D eigenvalue weighted by Crippen LogP contribution is -2.28. The second-order valence-corrected chi connectivity index (χ2v) is 7.03. The third-order valence-electron chi connectivity index (χ3n) is 4.25. The van der Waals surface area contributed by atoms with Gasteiger partial charge < -0.3 is 19.8 Å². The fourth-order valence-electron chi connectivity index (χ4n) is 2.87. The Balaban J connectivity index is 1.81. The number of amides is 1. The molecule has 27 heavy (non-hydrogen) atoms. The Labute approximate surface area is 170 Å². The summed E-state index contributed by atoms with van der Waals surface area (Å²) in [6.07, 6.45) is 0.404. The summed E-state index contributed by atoms with van der Waals surface area (Å²) in [7, 11) is 3.13. The van der Waals surface area contributed by atoms with Crippen LogP contribution < -0.4 is 20.3 Å². The Morgan fingerprint density at radius 1 is 1.11 bits per heavy atom. The zero-order chi connectivity index (χ0) is 19.4. The van der Waals surface area contributed by atoms with Crippen LogP contribution >= 0.6 is 22.6 Å². The van der Waals surface area contributed by atoms with Gasteiger partial charge in [0, 0.05) is 21.1 Å². The third-order valence-corrected chi connectivity index (χ3v) is 5.19. The van der Waals surface area contributed by atoms with Crippen LogP contribution in [-0.2, 0) is 6.42 Å². The van der Waals surface area contributed by atoms with E-state index < -0.39 is 0 Å². The van der Waals surface area contributed by atoms with Crippen LogP contribution in [0.3, 0.4) is 0 Å². The highest BCUT2D eigenvalue weighted by Crippen LogP contribution is 2.31. The number of rotatable bonds is 6. The molecule has 140 valence electrons. The minimum Gasteiger partial charge on any atom is -0.496 e. The van der Waals surface area contributed by atoms with Gasteiger partial charge in [0.25, 0.3) is 11.5 Å². The van der Waals surface area contributed by atoms with Crippen molar-refractivity contribution in [1.29, 1.82) is 0 Å². The van der Waals surface area contributed by atoms with Crippen LogP contribution in [0.4, 0.5) is 0 Å². The molecule has 0 fully saturated rings. The molecule has 0 saturated heterocycles. The number of ether oxygens (including phenoxy) is 2. The lowest BCUT2D eigenvalue weighted by atomic mass is 10.1. The number of pyridine rings is 1. The molecular formula is C20H19IN2O4. The van der Waals surface area contributed by atoms with Crippen LogP contribution in [0.5, 0.6) is 11.5 Å². The zero-order valence-electron chi connectivity index (χ0n) is 15.0. The monoisotopic (exact) mass is 478 g/mol. The molecule has 7 heteroatoms. The van der Waals surface area contributed by atoms with Gasteiger partial charge in [-0.2, -0.15) is 0 Å². The largest absolute Gasteiger partial charge is 0.496 e. The van der Waals surface area contributed by atoms with E-state index in [1.807, 2.05) is 18.2 Å². The maximum absolute atomic E-state index is 12.4. The first kappa shape index (κ1) is 19.2. The number of fused-ring (bicyclic) bond motifs is 1. The van der Waals surface area contributed by atoms with E-state index in [9.17, 15) is 9.59 Å². The van der Waals surface area contributed by atoms with E-state index in [2.05, 4.69) is 32.9 Å².